The van der Waals surface area contributed by atoms with E-state index >= 15 is 0 Å². The van der Waals surface area contributed by atoms with Gasteiger partial charge in [0.15, 0.2) is 0 Å². The van der Waals surface area contributed by atoms with Gasteiger partial charge in [-0.15, -0.1) is 0 Å². The fraction of sp³-hybridized carbons (Fsp3) is 0.900. The summed E-state index contributed by atoms with van der Waals surface area (Å²) >= 11 is 0. The molecule has 2 aliphatic heterocycles. The molecule has 0 radical (unpaired) electrons. The second-order valence-electron chi connectivity index (χ2n) is 4.11. The van der Waals surface area contributed by atoms with Gasteiger partial charge in [0.05, 0.1) is 0 Å². The van der Waals surface area contributed by atoms with Crippen LogP contribution in [0.25, 0.3) is 0 Å². The Bertz CT molecular complexity index is 195. The molecule has 0 aromatic carbocycles. The molecule has 0 amide bonds. The summed E-state index contributed by atoms with van der Waals surface area (Å²) in [7, 11) is 0. The van der Waals surface area contributed by atoms with Gasteiger partial charge in [0.25, 0.3) is 0 Å². The Morgan fingerprint density at radius 2 is 1.85 bits per heavy atom. The van der Waals surface area contributed by atoms with Crippen molar-refractivity contribution in [2.24, 2.45) is 0 Å². The molecule has 0 bridgehead atoms. The summed E-state index contributed by atoms with van der Waals surface area (Å²) in [5, 5.41) is 3.36. The third-order valence-corrected chi connectivity index (χ3v) is 3.09. The van der Waals surface area contributed by atoms with Crippen molar-refractivity contribution in [1.82, 2.24) is 5.32 Å². The average Bonchev–Trinajstić information content (AvgIpc) is 2.42. The SMILES string of the molecule is O=C1CCC2(CCCNCCC2)O1. The van der Waals surface area contributed by atoms with E-state index in [0.717, 1.165) is 45.2 Å². The third-order valence-electron chi connectivity index (χ3n) is 3.09. The van der Waals surface area contributed by atoms with E-state index in [1.807, 2.05) is 0 Å². The Balaban J connectivity index is 1.97. The Kier molecular flexibility index (Phi) is 2.54. The molecule has 0 atom stereocenters. The van der Waals surface area contributed by atoms with E-state index in [9.17, 15) is 4.79 Å². The topological polar surface area (TPSA) is 38.3 Å². The van der Waals surface area contributed by atoms with Crippen LogP contribution in [-0.2, 0) is 9.53 Å². The molecule has 0 unspecified atom stereocenters. The van der Waals surface area contributed by atoms with Crippen LogP contribution >= 0.6 is 0 Å². The molecule has 74 valence electrons. The van der Waals surface area contributed by atoms with Crippen LogP contribution in [0.2, 0.25) is 0 Å². The van der Waals surface area contributed by atoms with Crippen LogP contribution in [0.4, 0.5) is 0 Å². The molecule has 2 heterocycles. The maximum absolute atomic E-state index is 11.1. The zero-order valence-electron chi connectivity index (χ0n) is 7.97. The fourth-order valence-corrected chi connectivity index (χ4v) is 2.35. The quantitative estimate of drug-likeness (QED) is 0.574. The first-order valence-corrected chi connectivity index (χ1v) is 5.23. The molecule has 0 aromatic heterocycles. The Hall–Kier alpha value is -0.570. The highest BCUT2D eigenvalue weighted by Crippen LogP contribution is 2.35. The van der Waals surface area contributed by atoms with E-state index in [4.69, 9.17) is 4.74 Å². The number of ether oxygens (including phenoxy) is 1. The standard InChI is InChI=1S/C10H17NO2/c12-9-3-6-10(13-9)4-1-7-11-8-2-5-10/h11H,1-8H2. The van der Waals surface area contributed by atoms with Crippen molar-refractivity contribution >= 4 is 5.97 Å². The van der Waals surface area contributed by atoms with E-state index < -0.39 is 0 Å². The fourth-order valence-electron chi connectivity index (χ4n) is 2.35. The number of carbonyl (C=O) groups excluding carboxylic acids is 1. The van der Waals surface area contributed by atoms with Crippen molar-refractivity contribution in [3.63, 3.8) is 0 Å². The minimum Gasteiger partial charge on any atom is -0.459 e. The first-order chi connectivity index (χ1) is 6.31. The van der Waals surface area contributed by atoms with Crippen LogP contribution in [0.5, 0.6) is 0 Å². The highest BCUT2D eigenvalue weighted by atomic mass is 16.6. The van der Waals surface area contributed by atoms with Crippen molar-refractivity contribution in [3.8, 4) is 0 Å². The Morgan fingerprint density at radius 3 is 2.38 bits per heavy atom. The van der Waals surface area contributed by atoms with E-state index in [1.54, 1.807) is 0 Å². The summed E-state index contributed by atoms with van der Waals surface area (Å²) in [6.07, 6.45) is 5.94. The van der Waals surface area contributed by atoms with Crippen molar-refractivity contribution in [1.29, 1.82) is 0 Å². The van der Waals surface area contributed by atoms with Crippen molar-refractivity contribution in [3.05, 3.63) is 0 Å². The highest BCUT2D eigenvalue weighted by Gasteiger charge is 2.39. The Labute approximate surface area is 78.8 Å². The lowest BCUT2D eigenvalue weighted by atomic mass is 9.88. The van der Waals surface area contributed by atoms with Gasteiger partial charge in [-0.1, -0.05) is 0 Å². The van der Waals surface area contributed by atoms with E-state index in [0.29, 0.717) is 6.42 Å². The van der Waals surface area contributed by atoms with Gasteiger partial charge in [-0.05, 0) is 45.2 Å². The van der Waals surface area contributed by atoms with Gasteiger partial charge in [-0.2, -0.15) is 0 Å². The molecule has 1 spiro atoms. The van der Waals surface area contributed by atoms with Gasteiger partial charge in [-0.3, -0.25) is 4.79 Å². The average molecular weight is 183 g/mol. The van der Waals surface area contributed by atoms with Gasteiger partial charge in [0.2, 0.25) is 0 Å². The molecule has 2 fully saturated rings. The number of rotatable bonds is 0. The minimum absolute atomic E-state index is 0.00790. The van der Waals surface area contributed by atoms with Crippen molar-refractivity contribution in [2.75, 3.05) is 13.1 Å². The normalized spacial score (nSPS) is 28.2. The summed E-state index contributed by atoms with van der Waals surface area (Å²) in [5.74, 6) is 0.00790. The smallest absolute Gasteiger partial charge is 0.306 e. The van der Waals surface area contributed by atoms with Gasteiger partial charge >= 0.3 is 5.97 Å². The number of hydrogen-bond donors (Lipinski definition) is 1. The Morgan fingerprint density at radius 1 is 1.15 bits per heavy atom. The monoisotopic (exact) mass is 183 g/mol. The lowest BCUT2D eigenvalue weighted by Crippen LogP contribution is -2.33. The number of nitrogens with one attached hydrogen (secondary N) is 1. The first kappa shape index (κ1) is 9.00. The molecule has 0 aromatic rings. The molecule has 2 rings (SSSR count). The van der Waals surface area contributed by atoms with Gasteiger partial charge < -0.3 is 10.1 Å². The maximum Gasteiger partial charge on any atom is 0.306 e. The van der Waals surface area contributed by atoms with Crippen LogP contribution < -0.4 is 5.32 Å². The predicted molar refractivity (Wildman–Crippen MR) is 49.4 cm³/mol. The minimum atomic E-state index is -0.0703. The van der Waals surface area contributed by atoms with Crippen LogP contribution in [0.1, 0.15) is 38.5 Å². The van der Waals surface area contributed by atoms with Crippen LogP contribution in [0, 0.1) is 0 Å². The molecule has 1 N–H and O–H groups in total. The van der Waals surface area contributed by atoms with Crippen LogP contribution in [0.15, 0.2) is 0 Å². The largest absolute Gasteiger partial charge is 0.459 e. The van der Waals surface area contributed by atoms with E-state index in [2.05, 4.69) is 5.32 Å². The lowest BCUT2D eigenvalue weighted by molar-refractivity contribution is -0.149. The second kappa shape index (κ2) is 3.66. The zero-order chi connectivity index (χ0) is 9.15. The predicted octanol–water partition coefficient (Wildman–Crippen LogP) is 1.23. The summed E-state index contributed by atoms with van der Waals surface area (Å²) in [6, 6.07) is 0. The van der Waals surface area contributed by atoms with Gasteiger partial charge in [-0.25, -0.2) is 0 Å². The third kappa shape index (κ3) is 2.02. The zero-order valence-corrected chi connectivity index (χ0v) is 7.97. The molecular formula is C10H17NO2. The molecule has 2 saturated heterocycles. The molecule has 13 heavy (non-hydrogen) atoms. The second-order valence-corrected chi connectivity index (χ2v) is 4.11. The molecular weight excluding hydrogens is 166 g/mol. The highest BCUT2D eigenvalue weighted by molar-refractivity contribution is 5.72. The molecule has 2 aliphatic rings. The number of hydrogen-bond acceptors (Lipinski definition) is 3. The van der Waals surface area contributed by atoms with E-state index in [-0.39, 0.29) is 11.6 Å². The summed E-state index contributed by atoms with van der Waals surface area (Å²) in [5.41, 5.74) is -0.0703. The summed E-state index contributed by atoms with van der Waals surface area (Å²) < 4.78 is 5.46. The molecule has 3 nitrogen and oxygen atoms in total. The lowest BCUT2D eigenvalue weighted by Gasteiger charge is -2.29. The number of esters is 1. The summed E-state index contributed by atoms with van der Waals surface area (Å²) in [4.78, 5) is 11.1. The molecule has 0 saturated carbocycles. The van der Waals surface area contributed by atoms with E-state index in [1.165, 1.54) is 0 Å². The first-order valence-electron chi connectivity index (χ1n) is 5.23. The van der Waals surface area contributed by atoms with Crippen molar-refractivity contribution in [2.45, 2.75) is 44.1 Å². The number of carbonyl (C=O) groups is 1. The maximum atomic E-state index is 11.1. The van der Waals surface area contributed by atoms with Gasteiger partial charge in [0, 0.05) is 6.42 Å². The van der Waals surface area contributed by atoms with Crippen LogP contribution in [-0.4, -0.2) is 24.7 Å². The van der Waals surface area contributed by atoms with Crippen molar-refractivity contribution < 1.29 is 9.53 Å². The summed E-state index contributed by atoms with van der Waals surface area (Å²) in [6.45, 7) is 2.14. The molecule has 0 aliphatic carbocycles. The van der Waals surface area contributed by atoms with Gasteiger partial charge in [0.1, 0.15) is 5.60 Å². The van der Waals surface area contributed by atoms with Crippen LogP contribution in [0.3, 0.4) is 0 Å². The molecule has 3 heteroatoms.